The van der Waals surface area contributed by atoms with Crippen LogP contribution in [0.4, 0.5) is 10.1 Å². The Balaban J connectivity index is 1.86. The van der Waals surface area contributed by atoms with Crippen molar-refractivity contribution in [2.24, 2.45) is 0 Å². The molecule has 0 aliphatic rings. The van der Waals surface area contributed by atoms with Crippen LogP contribution in [-0.2, 0) is 20.7 Å². The van der Waals surface area contributed by atoms with Gasteiger partial charge in [0.2, 0.25) is 0 Å². The van der Waals surface area contributed by atoms with Gasteiger partial charge in [-0.25, -0.2) is 4.39 Å². The number of esters is 1. The molecule has 2 rings (SSSR count). The highest BCUT2D eigenvalue weighted by atomic mass is 79.9. The van der Waals surface area contributed by atoms with Gasteiger partial charge >= 0.3 is 5.97 Å². The van der Waals surface area contributed by atoms with E-state index in [4.69, 9.17) is 4.74 Å². The molecule has 0 aliphatic carbocycles. The Morgan fingerprint density at radius 1 is 1.17 bits per heavy atom. The zero-order valence-corrected chi connectivity index (χ0v) is 14.4. The number of nitrogens with one attached hydrogen (secondary N) is 1. The van der Waals surface area contributed by atoms with Gasteiger partial charge in [-0.2, -0.15) is 0 Å². The molecule has 0 atom stereocenters. The Morgan fingerprint density at radius 3 is 2.50 bits per heavy atom. The van der Waals surface area contributed by atoms with E-state index in [0.29, 0.717) is 10.2 Å². The highest BCUT2D eigenvalue weighted by Crippen LogP contribution is 2.19. The molecule has 0 heterocycles. The van der Waals surface area contributed by atoms with Crippen molar-refractivity contribution in [2.45, 2.75) is 6.42 Å². The zero-order valence-electron chi connectivity index (χ0n) is 12.8. The summed E-state index contributed by atoms with van der Waals surface area (Å²) in [5, 5.41) is 2.43. The smallest absolute Gasteiger partial charge is 0.309 e. The van der Waals surface area contributed by atoms with Gasteiger partial charge in [-0.3, -0.25) is 9.59 Å². The van der Waals surface area contributed by atoms with Crippen molar-refractivity contribution in [2.75, 3.05) is 19.0 Å². The van der Waals surface area contributed by atoms with Crippen LogP contribution < -0.4 is 10.1 Å². The highest BCUT2D eigenvalue weighted by Gasteiger charge is 2.09. The molecule has 0 spiro atoms. The van der Waals surface area contributed by atoms with Gasteiger partial charge in [0.15, 0.2) is 6.61 Å². The third-order valence-electron chi connectivity index (χ3n) is 3.07. The van der Waals surface area contributed by atoms with E-state index in [-0.39, 0.29) is 24.7 Å². The van der Waals surface area contributed by atoms with Gasteiger partial charge < -0.3 is 14.8 Å². The molecule has 0 bridgehead atoms. The number of benzene rings is 2. The Bertz CT molecular complexity index is 734. The predicted octanol–water partition coefficient (Wildman–Crippen LogP) is 3.32. The molecular weight excluding hydrogens is 381 g/mol. The summed E-state index contributed by atoms with van der Waals surface area (Å²) in [5.74, 6) is -0.880. The minimum atomic E-state index is -0.537. The molecule has 7 heteroatoms. The lowest BCUT2D eigenvalue weighted by Crippen LogP contribution is -2.20. The van der Waals surface area contributed by atoms with E-state index >= 15 is 0 Å². The molecular formula is C17H15BrFNO4. The fourth-order valence-corrected chi connectivity index (χ4v) is 2.20. The fraction of sp³-hybridized carbons (Fsp3) is 0.176. The molecule has 5 nitrogen and oxygen atoms in total. The zero-order chi connectivity index (χ0) is 17.5. The summed E-state index contributed by atoms with van der Waals surface area (Å²) >= 11 is 3.14. The number of rotatable bonds is 6. The van der Waals surface area contributed by atoms with Gasteiger partial charge in [-0.15, -0.1) is 0 Å². The van der Waals surface area contributed by atoms with Crippen LogP contribution in [0.1, 0.15) is 5.56 Å². The first-order valence-corrected chi connectivity index (χ1v) is 7.80. The van der Waals surface area contributed by atoms with E-state index in [1.807, 2.05) is 0 Å². The molecule has 0 unspecified atom stereocenters. The van der Waals surface area contributed by atoms with E-state index in [0.717, 1.165) is 5.56 Å². The Labute approximate surface area is 146 Å². The second-order valence-corrected chi connectivity index (χ2v) is 5.77. The number of amides is 1. The number of methoxy groups -OCH3 is 1. The number of anilines is 1. The third-order valence-corrected chi connectivity index (χ3v) is 3.57. The number of ether oxygens (including phenoxy) is 2. The van der Waals surface area contributed by atoms with Gasteiger partial charge in [-0.05, 0) is 35.9 Å². The first-order chi connectivity index (χ1) is 11.5. The van der Waals surface area contributed by atoms with Crippen molar-refractivity contribution in [3.8, 4) is 5.75 Å². The van der Waals surface area contributed by atoms with Gasteiger partial charge in [0.25, 0.3) is 5.91 Å². The van der Waals surface area contributed by atoms with E-state index in [1.54, 1.807) is 30.3 Å². The molecule has 0 saturated heterocycles. The lowest BCUT2D eigenvalue weighted by Gasteiger charge is -2.09. The minimum absolute atomic E-state index is 0.0835. The number of hydrogen-bond acceptors (Lipinski definition) is 4. The third kappa shape index (κ3) is 5.34. The van der Waals surface area contributed by atoms with Crippen LogP contribution in [0.2, 0.25) is 0 Å². The molecule has 126 valence electrons. The van der Waals surface area contributed by atoms with Crippen LogP contribution in [0.15, 0.2) is 46.9 Å². The molecule has 24 heavy (non-hydrogen) atoms. The molecule has 0 fully saturated rings. The summed E-state index contributed by atoms with van der Waals surface area (Å²) in [7, 11) is 1.33. The summed E-state index contributed by atoms with van der Waals surface area (Å²) < 4.78 is 24.1. The minimum Gasteiger partial charge on any atom is -0.484 e. The second-order valence-electron chi connectivity index (χ2n) is 4.86. The van der Waals surface area contributed by atoms with Crippen molar-refractivity contribution < 1.29 is 23.5 Å². The quantitative estimate of drug-likeness (QED) is 0.761. The summed E-state index contributed by atoms with van der Waals surface area (Å²) in [6, 6.07) is 11.0. The van der Waals surface area contributed by atoms with Crippen LogP contribution in [0, 0.1) is 5.82 Å². The first-order valence-electron chi connectivity index (χ1n) is 7.01. The predicted molar refractivity (Wildman–Crippen MR) is 90.4 cm³/mol. The van der Waals surface area contributed by atoms with E-state index in [1.165, 1.54) is 19.2 Å². The SMILES string of the molecule is COC(=O)Cc1ccc(OCC(=O)Nc2ccc(Br)cc2F)cc1. The monoisotopic (exact) mass is 395 g/mol. The Kier molecular flexibility index (Phi) is 6.31. The first kappa shape index (κ1) is 17.9. The van der Waals surface area contributed by atoms with Gasteiger partial charge in [0, 0.05) is 4.47 Å². The van der Waals surface area contributed by atoms with E-state index in [2.05, 4.69) is 26.0 Å². The van der Waals surface area contributed by atoms with E-state index in [9.17, 15) is 14.0 Å². The Hall–Kier alpha value is -2.41. The number of halogens is 2. The van der Waals surface area contributed by atoms with Crippen molar-refractivity contribution >= 4 is 33.5 Å². The van der Waals surface area contributed by atoms with Crippen LogP contribution in [0.3, 0.4) is 0 Å². The van der Waals surface area contributed by atoms with Gasteiger partial charge in [-0.1, -0.05) is 28.1 Å². The van der Waals surface area contributed by atoms with Crippen molar-refractivity contribution in [1.29, 1.82) is 0 Å². The molecule has 1 amide bonds. The lowest BCUT2D eigenvalue weighted by atomic mass is 10.1. The molecule has 2 aromatic carbocycles. The standard InChI is InChI=1S/C17H15BrFNO4/c1-23-17(22)8-11-2-5-13(6-3-11)24-10-16(21)20-15-7-4-12(18)9-14(15)19/h2-7,9H,8,10H2,1H3,(H,20,21). The van der Waals surface area contributed by atoms with Gasteiger partial charge in [0.05, 0.1) is 19.2 Å². The molecule has 0 aliphatic heterocycles. The molecule has 2 aromatic rings. The average molecular weight is 396 g/mol. The second kappa shape index (κ2) is 8.44. The van der Waals surface area contributed by atoms with Crippen LogP contribution in [-0.4, -0.2) is 25.6 Å². The van der Waals surface area contributed by atoms with Crippen LogP contribution >= 0.6 is 15.9 Å². The van der Waals surface area contributed by atoms with Crippen LogP contribution in [0.25, 0.3) is 0 Å². The Morgan fingerprint density at radius 2 is 1.88 bits per heavy atom. The highest BCUT2D eigenvalue weighted by molar-refractivity contribution is 9.10. The topological polar surface area (TPSA) is 64.6 Å². The summed E-state index contributed by atoms with van der Waals surface area (Å²) in [4.78, 5) is 23.0. The molecule has 0 saturated carbocycles. The lowest BCUT2D eigenvalue weighted by molar-refractivity contribution is -0.139. The normalized spacial score (nSPS) is 10.1. The van der Waals surface area contributed by atoms with Crippen molar-refractivity contribution in [3.05, 3.63) is 58.3 Å². The number of carbonyl (C=O) groups excluding carboxylic acids is 2. The van der Waals surface area contributed by atoms with Crippen LogP contribution in [0.5, 0.6) is 5.75 Å². The maximum absolute atomic E-state index is 13.6. The molecule has 0 aromatic heterocycles. The van der Waals surface area contributed by atoms with Crippen molar-refractivity contribution in [3.63, 3.8) is 0 Å². The maximum atomic E-state index is 13.6. The molecule has 1 N–H and O–H groups in total. The summed E-state index contributed by atoms with van der Waals surface area (Å²) in [6.45, 7) is -0.258. The van der Waals surface area contributed by atoms with Crippen molar-refractivity contribution in [1.82, 2.24) is 0 Å². The number of carbonyl (C=O) groups is 2. The largest absolute Gasteiger partial charge is 0.484 e. The maximum Gasteiger partial charge on any atom is 0.309 e. The molecule has 0 radical (unpaired) electrons. The number of hydrogen-bond donors (Lipinski definition) is 1. The summed E-state index contributed by atoms with van der Waals surface area (Å²) in [5.41, 5.74) is 0.857. The van der Waals surface area contributed by atoms with Gasteiger partial charge in [0.1, 0.15) is 11.6 Å². The fourth-order valence-electron chi connectivity index (χ4n) is 1.87. The van der Waals surface area contributed by atoms with E-state index < -0.39 is 11.7 Å². The summed E-state index contributed by atoms with van der Waals surface area (Å²) in [6.07, 6.45) is 0.167. The average Bonchev–Trinajstić information content (AvgIpc) is 2.56.